The molecule has 3 aromatic rings. The average molecular weight is 503 g/mol. The summed E-state index contributed by atoms with van der Waals surface area (Å²) >= 11 is 1.70. The van der Waals surface area contributed by atoms with Gasteiger partial charge in [0.05, 0.1) is 5.51 Å². The van der Waals surface area contributed by atoms with Crippen molar-refractivity contribution in [1.29, 1.82) is 0 Å². The fourth-order valence-corrected chi connectivity index (χ4v) is 5.43. The minimum absolute atomic E-state index is 0.0516. The molecule has 2 aromatic carbocycles. The van der Waals surface area contributed by atoms with Gasteiger partial charge in [0.15, 0.2) is 0 Å². The van der Waals surface area contributed by atoms with Crippen molar-refractivity contribution in [2.24, 2.45) is 0 Å². The van der Waals surface area contributed by atoms with Crippen LogP contribution in [0.25, 0.3) is 5.57 Å². The molecule has 2 amide bonds. The van der Waals surface area contributed by atoms with Crippen molar-refractivity contribution in [2.45, 2.75) is 40.2 Å². The fourth-order valence-electron chi connectivity index (χ4n) is 4.79. The fraction of sp³-hybridized carbons (Fsp3) is 0.345. The maximum atomic E-state index is 12.9. The number of nitrogens with one attached hydrogen (secondary N) is 1. The Hall–Kier alpha value is -3.29. The number of hydrogen-bond acceptors (Lipinski definition) is 5. The third-order valence-corrected chi connectivity index (χ3v) is 7.42. The second-order valence-electron chi connectivity index (χ2n) is 9.00. The molecule has 1 aliphatic rings. The molecule has 2 heterocycles. The molecule has 0 saturated carbocycles. The first-order valence-corrected chi connectivity index (χ1v) is 13.5. The van der Waals surface area contributed by atoms with E-state index in [2.05, 4.69) is 21.3 Å². The van der Waals surface area contributed by atoms with Gasteiger partial charge in [-0.25, -0.2) is 0 Å². The largest absolute Gasteiger partial charge is 0.339 e. The van der Waals surface area contributed by atoms with Crippen molar-refractivity contribution >= 4 is 34.4 Å². The van der Waals surface area contributed by atoms with Gasteiger partial charge in [-0.05, 0) is 56.0 Å². The van der Waals surface area contributed by atoms with E-state index in [1.54, 1.807) is 11.3 Å². The number of thiazole rings is 1. The number of carbonyl (C=O) groups is 2. The predicted octanol–water partition coefficient (Wildman–Crippen LogP) is 5.68. The molecule has 7 heteroatoms. The number of amides is 2. The van der Waals surface area contributed by atoms with Crippen LogP contribution in [0.4, 0.5) is 5.69 Å². The summed E-state index contributed by atoms with van der Waals surface area (Å²) in [7, 11) is 0. The lowest BCUT2D eigenvalue weighted by Gasteiger charge is -2.30. The van der Waals surface area contributed by atoms with Gasteiger partial charge in [0.25, 0.3) is 5.91 Å². The predicted molar refractivity (Wildman–Crippen MR) is 147 cm³/mol. The summed E-state index contributed by atoms with van der Waals surface area (Å²) in [4.78, 5) is 34.6. The molecule has 1 aliphatic heterocycles. The first kappa shape index (κ1) is 25.8. The molecule has 4 rings (SSSR count). The maximum absolute atomic E-state index is 12.9. The zero-order valence-electron chi connectivity index (χ0n) is 21.3. The van der Waals surface area contributed by atoms with Gasteiger partial charge in [-0.2, -0.15) is 0 Å². The van der Waals surface area contributed by atoms with E-state index < -0.39 is 0 Å². The van der Waals surface area contributed by atoms with Crippen LogP contribution in [-0.4, -0.2) is 52.8 Å². The molecule has 0 spiro atoms. The van der Waals surface area contributed by atoms with Crippen molar-refractivity contribution in [3.8, 4) is 0 Å². The Morgan fingerprint density at radius 3 is 2.28 bits per heavy atom. The topological polar surface area (TPSA) is 65.5 Å². The van der Waals surface area contributed by atoms with E-state index in [4.69, 9.17) is 0 Å². The molecule has 0 aliphatic carbocycles. The lowest BCUT2D eigenvalue weighted by Crippen LogP contribution is -2.30. The van der Waals surface area contributed by atoms with Gasteiger partial charge in [0.2, 0.25) is 5.91 Å². The molecule has 1 fully saturated rings. The quantitative estimate of drug-likeness (QED) is 0.430. The molecular weight excluding hydrogens is 468 g/mol. The Kier molecular flexibility index (Phi) is 8.67. The molecule has 0 unspecified atom stereocenters. The monoisotopic (exact) mass is 502 g/mol. The second kappa shape index (κ2) is 12.1. The van der Waals surface area contributed by atoms with Crippen LogP contribution in [0.5, 0.6) is 0 Å². The number of piperidine rings is 1. The van der Waals surface area contributed by atoms with E-state index in [1.165, 1.54) is 17.4 Å². The highest BCUT2D eigenvalue weighted by molar-refractivity contribution is 7.09. The third-order valence-electron chi connectivity index (χ3n) is 6.65. The molecule has 6 nitrogen and oxygen atoms in total. The van der Waals surface area contributed by atoms with Gasteiger partial charge in [0, 0.05) is 67.5 Å². The Bertz CT molecular complexity index is 1200. The highest BCUT2D eigenvalue weighted by atomic mass is 32.1. The Morgan fingerprint density at radius 1 is 1.00 bits per heavy atom. The van der Waals surface area contributed by atoms with E-state index in [1.807, 2.05) is 72.9 Å². The summed E-state index contributed by atoms with van der Waals surface area (Å²) in [6.07, 6.45) is 3.84. The van der Waals surface area contributed by atoms with Gasteiger partial charge in [-0.15, -0.1) is 11.3 Å². The van der Waals surface area contributed by atoms with Crippen LogP contribution in [0.3, 0.4) is 0 Å². The molecule has 1 aromatic heterocycles. The summed E-state index contributed by atoms with van der Waals surface area (Å²) < 4.78 is 0. The SMILES string of the molecule is CCN(CC)C(=O)c1ccc(C(=C2CCN(Cc3cncs3)CC2)c2ccccc2NC(C)=O)cc1. The van der Waals surface area contributed by atoms with Crippen LogP contribution < -0.4 is 5.32 Å². The smallest absolute Gasteiger partial charge is 0.253 e. The zero-order chi connectivity index (χ0) is 25.5. The average Bonchev–Trinajstić information content (AvgIpc) is 3.40. The zero-order valence-corrected chi connectivity index (χ0v) is 22.1. The van der Waals surface area contributed by atoms with Gasteiger partial charge < -0.3 is 10.2 Å². The highest BCUT2D eigenvalue weighted by Crippen LogP contribution is 2.36. The van der Waals surface area contributed by atoms with Crippen molar-refractivity contribution in [2.75, 3.05) is 31.5 Å². The molecule has 0 atom stereocenters. The number of carbonyl (C=O) groups excluding carboxylic acids is 2. The molecule has 1 saturated heterocycles. The Morgan fingerprint density at radius 2 is 1.67 bits per heavy atom. The number of para-hydroxylation sites is 1. The lowest BCUT2D eigenvalue weighted by molar-refractivity contribution is -0.114. The van der Waals surface area contributed by atoms with E-state index in [9.17, 15) is 9.59 Å². The lowest BCUT2D eigenvalue weighted by atomic mass is 9.87. The number of aromatic nitrogens is 1. The molecule has 0 radical (unpaired) electrons. The van der Waals surface area contributed by atoms with Gasteiger partial charge >= 0.3 is 0 Å². The number of likely N-dealkylation sites (tertiary alicyclic amines) is 1. The number of benzene rings is 2. The Labute approximate surface area is 217 Å². The molecular formula is C29H34N4O2S. The number of rotatable bonds is 8. The maximum Gasteiger partial charge on any atom is 0.253 e. The molecule has 188 valence electrons. The van der Waals surface area contributed by atoms with Crippen LogP contribution in [0.1, 0.15) is 60.0 Å². The van der Waals surface area contributed by atoms with E-state index in [0.717, 1.165) is 54.9 Å². The van der Waals surface area contributed by atoms with E-state index in [-0.39, 0.29) is 11.8 Å². The van der Waals surface area contributed by atoms with Crippen molar-refractivity contribution in [3.05, 3.63) is 87.4 Å². The minimum Gasteiger partial charge on any atom is -0.339 e. The molecule has 1 N–H and O–H groups in total. The van der Waals surface area contributed by atoms with Crippen LogP contribution in [0, 0.1) is 0 Å². The molecule has 36 heavy (non-hydrogen) atoms. The normalized spacial score (nSPS) is 13.9. The first-order valence-electron chi connectivity index (χ1n) is 12.6. The minimum atomic E-state index is -0.0913. The third kappa shape index (κ3) is 6.09. The molecule has 0 bridgehead atoms. The first-order chi connectivity index (χ1) is 17.5. The van der Waals surface area contributed by atoms with Crippen molar-refractivity contribution < 1.29 is 9.59 Å². The highest BCUT2D eigenvalue weighted by Gasteiger charge is 2.22. The van der Waals surface area contributed by atoms with Crippen LogP contribution >= 0.6 is 11.3 Å². The van der Waals surface area contributed by atoms with Crippen LogP contribution in [-0.2, 0) is 11.3 Å². The number of hydrogen-bond donors (Lipinski definition) is 1. The van der Waals surface area contributed by atoms with Gasteiger partial charge in [-0.1, -0.05) is 35.9 Å². The summed E-state index contributed by atoms with van der Waals surface area (Å²) in [6.45, 7) is 9.78. The second-order valence-corrected chi connectivity index (χ2v) is 9.97. The standard InChI is InChI=1S/C29H34N4O2S/c1-4-33(5-2)29(35)24-12-10-22(11-13-24)28(26-8-6-7-9-27(26)31-21(3)34)23-14-16-32(17-15-23)19-25-18-30-20-36-25/h6-13,18,20H,4-5,14-17,19H2,1-3H3,(H,31,34). The van der Waals surface area contributed by atoms with Crippen LogP contribution in [0.2, 0.25) is 0 Å². The number of nitrogens with zero attached hydrogens (tertiary/aromatic N) is 3. The van der Waals surface area contributed by atoms with E-state index >= 15 is 0 Å². The van der Waals surface area contributed by atoms with Crippen molar-refractivity contribution in [1.82, 2.24) is 14.8 Å². The summed E-state index contributed by atoms with van der Waals surface area (Å²) in [5.41, 5.74) is 7.99. The van der Waals surface area contributed by atoms with Crippen molar-refractivity contribution in [3.63, 3.8) is 0 Å². The van der Waals surface area contributed by atoms with Crippen LogP contribution in [0.15, 0.2) is 65.8 Å². The van der Waals surface area contributed by atoms with E-state index in [0.29, 0.717) is 18.7 Å². The summed E-state index contributed by atoms with van der Waals surface area (Å²) in [5, 5.41) is 3.01. The summed E-state index contributed by atoms with van der Waals surface area (Å²) in [6, 6.07) is 15.9. The Balaban J connectivity index is 1.68. The summed E-state index contributed by atoms with van der Waals surface area (Å²) in [5.74, 6) is -0.0397. The number of anilines is 1. The van der Waals surface area contributed by atoms with Gasteiger partial charge in [-0.3, -0.25) is 19.5 Å². The van der Waals surface area contributed by atoms with Gasteiger partial charge in [0.1, 0.15) is 0 Å².